The van der Waals surface area contributed by atoms with E-state index in [0.717, 1.165) is 94.9 Å². The first-order chi connectivity index (χ1) is 22.4. The molecule has 2 amide bonds. The monoisotopic (exact) mass is 630 g/mol. The normalized spacial score (nSPS) is 29.0. The minimum Gasteiger partial charge on any atom is -0.495 e. The number of amides is 2. The molecule has 1 aromatic carbocycles. The Bertz CT molecular complexity index is 1420. The van der Waals surface area contributed by atoms with Gasteiger partial charge < -0.3 is 30.1 Å². The molecule has 1 aromatic heterocycles. The number of fused-ring (bicyclic) bond motifs is 1. The lowest BCUT2D eigenvalue weighted by Gasteiger charge is -2.41. The van der Waals surface area contributed by atoms with Crippen LogP contribution in [0.2, 0.25) is 0 Å². The maximum atomic E-state index is 14.0. The number of piperazine rings is 1. The van der Waals surface area contributed by atoms with Crippen LogP contribution in [0.1, 0.15) is 75.1 Å². The van der Waals surface area contributed by atoms with E-state index in [2.05, 4.69) is 42.2 Å². The van der Waals surface area contributed by atoms with Crippen molar-refractivity contribution in [3.8, 4) is 5.75 Å². The van der Waals surface area contributed by atoms with Crippen LogP contribution < -0.4 is 25.2 Å². The number of benzene rings is 1. The van der Waals surface area contributed by atoms with Crippen LogP contribution in [-0.4, -0.2) is 109 Å². The smallest absolute Gasteiger partial charge is 0.251 e. The van der Waals surface area contributed by atoms with Gasteiger partial charge in [-0.1, -0.05) is 19.8 Å². The Morgan fingerprint density at radius 1 is 1.04 bits per heavy atom. The number of anilines is 3. The lowest BCUT2D eigenvalue weighted by Crippen LogP contribution is -2.52. The van der Waals surface area contributed by atoms with E-state index in [9.17, 15) is 9.59 Å². The average molecular weight is 631 g/mol. The molecule has 7 rings (SSSR count). The molecule has 2 aliphatic heterocycles. The van der Waals surface area contributed by atoms with Crippen molar-refractivity contribution in [2.24, 2.45) is 5.41 Å². The van der Waals surface area contributed by atoms with Crippen molar-refractivity contribution in [2.45, 2.75) is 88.9 Å². The molecule has 2 atom stereocenters. The van der Waals surface area contributed by atoms with Gasteiger partial charge in [0.1, 0.15) is 17.8 Å². The van der Waals surface area contributed by atoms with Crippen LogP contribution in [0.5, 0.6) is 5.75 Å². The number of nitrogens with zero attached hydrogens (tertiary/aromatic N) is 6. The Hall–Kier alpha value is -3.44. The Morgan fingerprint density at radius 3 is 2.52 bits per heavy atom. The summed E-state index contributed by atoms with van der Waals surface area (Å²) in [6.45, 7) is 8.65. The summed E-state index contributed by atoms with van der Waals surface area (Å²) in [5.41, 5.74) is 1.60. The summed E-state index contributed by atoms with van der Waals surface area (Å²) in [7, 11) is 3.47. The highest BCUT2D eigenvalue weighted by molar-refractivity contribution is 6.04. The third-order valence-corrected chi connectivity index (χ3v) is 11.5. The number of ether oxygens (including phenoxy) is 1. The lowest BCUT2D eigenvalue weighted by molar-refractivity contribution is -0.123. The zero-order chi connectivity index (χ0) is 31.8. The van der Waals surface area contributed by atoms with Gasteiger partial charge in [0, 0.05) is 69.5 Å². The summed E-state index contributed by atoms with van der Waals surface area (Å²) in [6, 6.07) is 6.77. The van der Waals surface area contributed by atoms with Crippen molar-refractivity contribution in [3.63, 3.8) is 0 Å². The van der Waals surface area contributed by atoms with Gasteiger partial charge in [-0.2, -0.15) is 0 Å². The van der Waals surface area contributed by atoms with Crippen molar-refractivity contribution in [2.75, 3.05) is 68.5 Å². The largest absolute Gasteiger partial charge is 0.495 e. The van der Waals surface area contributed by atoms with E-state index in [1.54, 1.807) is 24.5 Å². The summed E-state index contributed by atoms with van der Waals surface area (Å²) < 4.78 is 5.78. The first-order valence-electron chi connectivity index (χ1n) is 17.5. The quantitative estimate of drug-likeness (QED) is 0.451. The number of hydrogen-bond acceptors (Lipinski definition) is 9. The molecule has 3 aliphatic carbocycles. The number of hydrogen-bond donors (Lipinski definition) is 2. The van der Waals surface area contributed by atoms with E-state index < -0.39 is 5.41 Å². The first kappa shape index (κ1) is 31.2. The molecule has 0 bridgehead atoms. The second kappa shape index (κ2) is 13.0. The SMILES string of the molecule is CCN1CCN(C2CCC(NC(=O)c3ccc(NC4CC45CN(C4CCCC4)c4ncncc4N(C)C5=O)c(OC)c3)CC2)CC1. The summed E-state index contributed by atoms with van der Waals surface area (Å²) in [4.78, 5) is 45.5. The molecule has 2 aromatic rings. The highest BCUT2D eigenvalue weighted by atomic mass is 16.5. The first-order valence-corrected chi connectivity index (χ1v) is 17.5. The number of methoxy groups -OCH3 is 1. The molecule has 46 heavy (non-hydrogen) atoms. The molecular weight excluding hydrogens is 580 g/mol. The minimum absolute atomic E-state index is 0.0534. The van der Waals surface area contributed by atoms with Gasteiger partial charge in [-0.3, -0.25) is 14.5 Å². The van der Waals surface area contributed by atoms with E-state index in [0.29, 0.717) is 29.9 Å². The molecule has 0 radical (unpaired) electrons. The maximum absolute atomic E-state index is 14.0. The fourth-order valence-electron chi connectivity index (χ4n) is 8.53. The summed E-state index contributed by atoms with van der Waals surface area (Å²) in [5.74, 6) is 1.51. The fourth-order valence-corrected chi connectivity index (χ4v) is 8.53. The van der Waals surface area contributed by atoms with Crippen LogP contribution in [-0.2, 0) is 4.79 Å². The van der Waals surface area contributed by atoms with Crippen molar-refractivity contribution in [3.05, 3.63) is 36.3 Å². The van der Waals surface area contributed by atoms with Crippen LogP contribution in [0.3, 0.4) is 0 Å². The average Bonchev–Trinajstić information content (AvgIpc) is 3.52. The molecule has 3 saturated carbocycles. The van der Waals surface area contributed by atoms with Crippen LogP contribution in [0.4, 0.5) is 17.2 Å². The second-order valence-electron chi connectivity index (χ2n) is 14.1. The zero-order valence-electron chi connectivity index (χ0n) is 27.7. The van der Waals surface area contributed by atoms with Crippen molar-refractivity contribution >= 4 is 29.0 Å². The Labute approximate surface area is 273 Å². The molecule has 2 N–H and O–H groups in total. The van der Waals surface area contributed by atoms with Gasteiger partial charge >= 0.3 is 0 Å². The maximum Gasteiger partial charge on any atom is 0.251 e. The van der Waals surface area contributed by atoms with Gasteiger partial charge in [-0.25, -0.2) is 9.97 Å². The third-order valence-electron chi connectivity index (χ3n) is 11.5. The van der Waals surface area contributed by atoms with E-state index in [1.807, 2.05) is 25.2 Å². The predicted molar refractivity (Wildman–Crippen MR) is 180 cm³/mol. The van der Waals surface area contributed by atoms with Crippen molar-refractivity contribution < 1.29 is 14.3 Å². The molecule has 1 spiro atoms. The van der Waals surface area contributed by atoms with Crippen LogP contribution in [0.25, 0.3) is 0 Å². The van der Waals surface area contributed by atoms with Crippen LogP contribution in [0.15, 0.2) is 30.7 Å². The Morgan fingerprint density at radius 2 is 1.80 bits per heavy atom. The molecule has 11 nitrogen and oxygen atoms in total. The van der Waals surface area contributed by atoms with Gasteiger partial charge in [0.15, 0.2) is 5.82 Å². The topological polar surface area (TPSA) is 106 Å². The summed E-state index contributed by atoms with van der Waals surface area (Å²) >= 11 is 0. The molecule has 11 heteroatoms. The highest BCUT2D eigenvalue weighted by Crippen LogP contribution is 2.54. The van der Waals surface area contributed by atoms with Crippen molar-refractivity contribution in [1.82, 2.24) is 25.1 Å². The molecule has 3 heterocycles. The van der Waals surface area contributed by atoms with E-state index in [1.165, 1.54) is 12.8 Å². The molecular formula is C35H50N8O3. The predicted octanol–water partition coefficient (Wildman–Crippen LogP) is 3.76. The molecule has 248 valence electrons. The lowest BCUT2D eigenvalue weighted by atomic mass is 9.89. The number of nitrogens with one attached hydrogen (secondary N) is 2. The summed E-state index contributed by atoms with van der Waals surface area (Å²) in [5, 5.41) is 6.92. The summed E-state index contributed by atoms with van der Waals surface area (Å²) in [6.07, 6.45) is 13.0. The molecule has 2 unspecified atom stereocenters. The second-order valence-corrected chi connectivity index (χ2v) is 14.1. The fraction of sp³-hybridized carbons (Fsp3) is 0.657. The van der Waals surface area contributed by atoms with Crippen LogP contribution in [0, 0.1) is 5.41 Å². The number of likely N-dealkylation sites (N-methyl/N-ethyl adjacent to an activating group) is 1. The zero-order valence-corrected chi connectivity index (χ0v) is 27.7. The number of carbonyl (C=O) groups is 2. The third kappa shape index (κ3) is 5.92. The van der Waals surface area contributed by atoms with Gasteiger partial charge in [0.2, 0.25) is 5.91 Å². The van der Waals surface area contributed by atoms with E-state index in [4.69, 9.17) is 4.74 Å². The van der Waals surface area contributed by atoms with Gasteiger partial charge in [-0.15, -0.1) is 0 Å². The van der Waals surface area contributed by atoms with Gasteiger partial charge in [-0.05, 0) is 69.7 Å². The van der Waals surface area contributed by atoms with E-state index in [-0.39, 0.29) is 23.9 Å². The molecule has 4 fully saturated rings. The molecule has 1 saturated heterocycles. The number of carbonyl (C=O) groups excluding carboxylic acids is 2. The van der Waals surface area contributed by atoms with E-state index >= 15 is 0 Å². The number of aromatic nitrogens is 2. The Kier molecular flexibility index (Phi) is 8.80. The molecule has 5 aliphatic rings. The van der Waals surface area contributed by atoms with Gasteiger partial charge in [0.05, 0.1) is 24.4 Å². The highest BCUT2D eigenvalue weighted by Gasteiger charge is 2.64. The Balaban J connectivity index is 0.990. The number of rotatable bonds is 8. The standard InChI is InChI=1S/C35H50N8O3/c1-4-41-15-17-42(18-16-41)26-12-10-25(11-13-26)38-33(44)24-9-14-28(30(19-24)46-3)39-31-20-35(31)22-43(27-7-5-6-8-27)32-29(21-36-23-37-32)40(2)34(35)45/h9,14,19,21,23,25-27,31,39H,4-8,10-13,15-18,20,22H2,1-3H3,(H,38,44). The minimum atomic E-state index is -0.568. The van der Waals surface area contributed by atoms with Crippen molar-refractivity contribution in [1.29, 1.82) is 0 Å². The van der Waals surface area contributed by atoms with Gasteiger partial charge in [0.25, 0.3) is 5.91 Å². The van der Waals surface area contributed by atoms with Crippen LogP contribution >= 0.6 is 0 Å².